The highest BCUT2D eigenvalue weighted by Crippen LogP contribution is 2.25. The van der Waals surface area contributed by atoms with Crippen molar-refractivity contribution in [3.63, 3.8) is 0 Å². The minimum absolute atomic E-state index is 0.107. The zero-order valence-electron chi connectivity index (χ0n) is 13.7. The first kappa shape index (κ1) is 19.5. The van der Waals surface area contributed by atoms with Crippen LogP contribution < -0.4 is 20.7 Å². The average molecular weight is 345 g/mol. The fraction of sp³-hybridized carbons (Fsp3) is 0.467. The van der Waals surface area contributed by atoms with Crippen LogP contribution in [0.25, 0.3) is 0 Å². The second kappa shape index (κ2) is 8.90. The molecule has 0 unspecified atom stereocenters. The van der Waals surface area contributed by atoms with Crippen LogP contribution in [-0.2, 0) is 4.74 Å². The summed E-state index contributed by atoms with van der Waals surface area (Å²) < 4.78 is 33.9. The van der Waals surface area contributed by atoms with Gasteiger partial charge in [-0.05, 0) is 32.9 Å². The SMILES string of the molecule is CC(C)(C)OC(=O)NCCNC(=O)Nc1ccccc1OC(F)F. The maximum absolute atomic E-state index is 12.3. The van der Waals surface area contributed by atoms with Crippen LogP contribution in [0.1, 0.15) is 20.8 Å². The largest absolute Gasteiger partial charge is 0.444 e. The van der Waals surface area contributed by atoms with Crippen LogP contribution in [0.3, 0.4) is 0 Å². The Hall–Kier alpha value is -2.58. The van der Waals surface area contributed by atoms with Crippen LogP contribution in [0.15, 0.2) is 24.3 Å². The lowest BCUT2D eigenvalue weighted by molar-refractivity contribution is -0.0493. The second-order valence-corrected chi connectivity index (χ2v) is 5.68. The molecule has 9 heteroatoms. The van der Waals surface area contributed by atoms with Gasteiger partial charge in [0.2, 0.25) is 0 Å². The summed E-state index contributed by atoms with van der Waals surface area (Å²) in [6, 6.07) is 5.19. The number of ether oxygens (including phenoxy) is 2. The van der Waals surface area contributed by atoms with Gasteiger partial charge in [-0.25, -0.2) is 9.59 Å². The lowest BCUT2D eigenvalue weighted by atomic mass is 10.2. The first-order valence-corrected chi connectivity index (χ1v) is 7.23. The van der Waals surface area contributed by atoms with Crippen LogP contribution in [0.2, 0.25) is 0 Å². The molecule has 0 spiro atoms. The molecule has 0 aliphatic carbocycles. The van der Waals surface area contributed by atoms with Gasteiger partial charge in [-0.3, -0.25) is 0 Å². The van der Waals surface area contributed by atoms with Gasteiger partial charge in [0, 0.05) is 13.1 Å². The van der Waals surface area contributed by atoms with E-state index in [1.54, 1.807) is 26.8 Å². The number of para-hydroxylation sites is 2. The molecule has 3 N–H and O–H groups in total. The predicted molar refractivity (Wildman–Crippen MR) is 84.3 cm³/mol. The summed E-state index contributed by atoms with van der Waals surface area (Å²) >= 11 is 0. The monoisotopic (exact) mass is 345 g/mol. The Kier molecular flexibility index (Phi) is 7.22. The van der Waals surface area contributed by atoms with E-state index in [-0.39, 0.29) is 24.5 Å². The summed E-state index contributed by atoms with van der Waals surface area (Å²) in [5.74, 6) is -0.144. The highest BCUT2D eigenvalue weighted by atomic mass is 19.3. The number of nitrogens with one attached hydrogen (secondary N) is 3. The summed E-state index contributed by atoms with van der Waals surface area (Å²) in [5.41, 5.74) is -0.501. The van der Waals surface area contributed by atoms with E-state index in [2.05, 4.69) is 20.7 Å². The Bertz CT molecular complexity index is 562. The van der Waals surface area contributed by atoms with Gasteiger partial charge in [0.1, 0.15) is 11.4 Å². The molecule has 3 amide bonds. The molecule has 0 radical (unpaired) electrons. The van der Waals surface area contributed by atoms with Crippen LogP contribution in [0.4, 0.5) is 24.1 Å². The molecule has 7 nitrogen and oxygen atoms in total. The molecule has 0 saturated heterocycles. The standard InChI is InChI=1S/C15H21F2N3O4/c1-15(2,3)24-14(22)19-9-8-18-13(21)20-10-6-4-5-7-11(10)23-12(16)17/h4-7,12H,8-9H2,1-3H3,(H,19,22)(H2,18,20,21). The number of amides is 3. The van der Waals surface area contributed by atoms with Crippen molar-refractivity contribution in [3.8, 4) is 5.75 Å². The minimum Gasteiger partial charge on any atom is -0.444 e. The number of halogens is 2. The third-order valence-corrected chi connectivity index (χ3v) is 2.43. The van der Waals surface area contributed by atoms with Crippen LogP contribution in [0.5, 0.6) is 5.75 Å². The van der Waals surface area contributed by atoms with Crippen molar-refractivity contribution in [2.75, 3.05) is 18.4 Å². The molecular weight excluding hydrogens is 324 g/mol. The third-order valence-electron chi connectivity index (χ3n) is 2.43. The number of rotatable bonds is 6. The molecule has 24 heavy (non-hydrogen) atoms. The van der Waals surface area contributed by atoms with Crippen molar-refractivity contribution >= 4 is 17.8 Å². The zero-order chi connectivity index (χ0) is 18.2. The van der Waals surface area contributed by atoms with Gasteiger partial charge in [-0.15, -0.1) is 0 Å². The number of alkyl halides is 2. The zero-order valence-corrected chi connectivity index (χ0v) is 13.7. The van der Waals surface area contributed by atoms with E-state index in [1.165, 1.54) is 18.2 Å². The number of urea groups is 1. The molecule has 0 atom stereocenters. The second-order valence-electron chi connectivity index (χ2n) is 5.68. The van der Waals surface area contributed by atoms with Crippen molar-refractivity contribution in [2.24, 2.45) is 0 Å². The van der Waals surface area contributed by atoms with Crippen molar-refractivity contribution in [2.45, 2.75) is 33.0 Å². The normalized spacial score (nSPS) is 10.9. The van der Waals surface area contributed by atoms with Gasteiger partial charge in [0.25, 0.3) is 0 Å². The number of carbonyl (C=O) groups excluding carboxylic acids is 2. The highest BCUT2D eigenvalue weighted by Gasteiger charge is 2.15. The molecule has 0 aliphatic rings. The maximum atomic E-state index is 12.3. The Labute approximate surface area is 138 Å². The Morgan fingerprint density at radius 2 is 1.75 bits per heavy atom. The molecule has 0 saturated carbocycles. The number of carbonyl (C=O) groups is 2. The van der Waals surface area contributed by atoms with Gasteiger partial charge in [-0.1, -0.05) is 12.1 Å². The van der Waals surface area contributed by atoms with Gasteiger partial charge in [0.15, 0.2) is 0 Å². The van der Waals surface area contributed by atoms with E-state index < -0.39 is 24.3 Å². The summed E-state index contributed by atoms with van der Waals surface area (Å²) in [4.78, 5) is 23.1. The summed E-state index contributed by atoms with van der Waals surface area (Å²) in [7, 11) is 0. The van der Waals surface area contributed by atoms with Crippen molar-refractivity contribution in [1.29, 1.82) is 0 Å². The van der Waals surface area contributed by atoms with E-state index in [9.17, 15) is 18.4 Å². The highest BCUT2D eigenvalue weighted by molar-refractivity contribution is 5.90. The van der Waals surface area contributed by atoms with E-state index >= 15 is 0 Å². The molecule has 134 valence electrons. The number of hydrogen-bond donors (Lipinski definition) is 3. The molecule has 1 aromatic rings. The molecule has 0 aromatic heterocycles. The number of benzene rings is 1. The minimum atomic E-state index is -2.99. The third kappa shape index (κ3) is 8.16. The summed E-state index contributed by atoms with van der Waals surface area (Å²) in [6.45, 7) is 2.49. The Morgan fingerprint density at radius 3 is 2.38 bits per heavy atom. The van der Waals surface area contributed by atoms with E-state index in [0.29, 0.717) is 0 Å². The van der Waals surface area contributed by atoms with E-state index in [4.69, 9.17) is 4.74 Å². The van der Waals surface area contributed by atoms with Gasteiger partial charge < -0.3 is 25.4 Å². The van der Waals surface area contributed by atoms with Gasteiger partial charge in [0.05, 0.1) is 5.69 Å². The van der Waals surface area contributed by atoms with Gasteiger partial charge in [-0.2, -0.15) is 8.78 Å². The quantitative estimate of drug-likeness (QED) is 0.692. The molecule has 0 bridgehead atoms. The van der Waals surface area contributed by atoms with Crippen LogP contribution >= 0.6 is 0 Å². The molecule has 1 aromatic carbocycles. The lowest BCUT2D eigenvalue weighted by Crippen LogP contribution is -2.39. The lowest BCUT2D eigenvalue weighted by Gasteiger charge is -2.19. The molecule has 0 fully saturated rings. The van der Waals surface area contributed by atoms with E-state index in [0.717, 1.165) is 0 Å². The summed E-state index contributed by atoms with van der Waals surface area (Å²) in [5, 5.41) is 7.32. The summed E-state index contributed by atoms with van der Waals surface area (Å²) in [6.07, 6.45) is -0.597. The number of alkyl carbamates (subject to hydrolysis) is 1. The molecule has 0 heterocycles. The van der Waals surface area contributed by atoms with Crippen molar-refractivity contribution in [3.05, 3.63) is 24.3 Å². The first-order chi connectivity index (χ1) is 11.2. The van der Waals surface area contributed by atoms with Crippen LogP contribution in [-0.4, -0.2) is 37.4 Å². The Balaban J connectivity index is 2.36. The number of hydrogen-bond acceptors (Lipinski definition) is 4. The Morgan fingerprint density at radius 1 is 1.12 bits per heavy atom. The maximum Gasteiger partial charge on any atom is 0.407 e. The topological polar surface area (TPSA) is 88.7 Å². The molecule has 1 rings (SSSR count). The number of anilines is 1. The van der Waals surface area contributed by atoms with Crippen molar-refractivity contribution in [1.82, 2.24) is 10.6 Å². The molecule has 0 aliphatic heterocycles. The smallest absolute Gasteiger partial charge is 0.407 e. The first-order valence-electron chi connectivity index (χ1n) is 7.23. The van der Waals surface area contributed by atoms with Gasteiger partial charge >= 0.3 is 18.7 Å². The van der Waals surface area contributed by atoms with E-state index in [1.807, 2.05) is 0 Å². The van der Waals surface area contributed by atoms with Crippen molar-refractivity contribution < 1.29 is 27.8 Å². The van der Waals surface area contributed by atoms with Crippen LogP contribution in [0, 0.1) is 0 Å². The molecular formula is C15H21F2N3O4. The fourth-order valence-corrected chi connectivity index (χ4v) is 1.59. The average Bonchev–Trinajstić information content (AvgIpc) is 2.43. The predicted octanol–water partition coefficient (Wildman–Crippen LogP) is 2.93. The fourth-order valence-electron chi connectivity index (χ4n) is 1.59.